The molecule has 2 fully saturated rings. The average molecular weight is 243 g/mol. The summed E-state index contributed by atoms with van der Waals surface area (Å²) in [5, 5.41) is 4.31. The minimum atomic E-state index is 0.563. The molecule has 2 aliphatic heterocycles. The van der Waals surface area contributed by atoms with Crippen molar-refractivity contribution < 1.29 is 0 Å². The first kappa shape index (κ1) is 7.94. The number of piperidine rings is 1. The lowest BCUT2D eigenvalue weighted by Crippen LogP contribution is -2.26. The van der Waals surface area contributed by atoms with Crippen molar-refractivity contribution in [3.05, 3.63) is 11.1 Å². The second-order valence-corrected chi connectivity index (χ2v) is 4.58. The number of hydrogen-bond acceptors (Lipinski definition) is 3. The van der Waals surface area contributed by atoms with Crippen LogP contribution in [0.5, 0.6) is 0 Å². The van der Waals surface area contributed by atoms with E-state index in [2.05, 4.69) is 30.9 Å². The quantitative estimate of drug-likeness (QED) is 0.735. The first-order valence-corrected chi connectivity index (χ1v) is 5.41. The standard InChI is InChI=1S/C8H11BrN4/c9-8-10-5-13(11-8)7-4-12-2-1-6(7)3-12/h5-7H,1-4H2/t6-,7+/m0/s1. The van der Waals surface area contributed by atoms with E-state index in [1.165, 1.54) is 19.5 Å². The van der Waals surface area contributed by atoms with Gasteiger partial charge in [-0.1, -0.05) is 0 Å². The summed E-state index contributed by atoms with van der Waals surface area (Å²) in [6.07, 6.45) is 3.15. The minimum absolute atomic E-state index is 0.563. The van der Waals surface area contributed by atoms with Gasteiger partial charge in [-0.3, -0.25) is 0 Å². The van der Waals surface area contributed by atoms with E-state index < -0.39 is 0 Å². The lowest BCUT2D eigenvalue weighted by Gasteiger charge is -2.21. The molecule has 0 spiro atoms. The van der Waals surface area contributed by atoms with Crippen molar-refractivity contribution in [2.45, 2.75) is 12.5 Å². The fourth-order valence-corrected chi connectivity index (χ4v) is 2.74. The van der Waals surface area contributed by atoms with Crippen molar-refractivity contribution in [2.75, 3.05) is 19.6 Å². The van der Waals surface area contributed by atoms with Crippen molar-refractivity contribution in [2.24, 2.45) is 5.92 Å². The van der Waals surface area contributed by atoms with Gasteiger partial charge in [-0.15, -0.1) is 5.10 Å². The molecule has 2 aliphatic rings. The molecule has 13 heavy (non-hydrogen) atoms. The molecule has 3 heterocycles. The zero-order valence-corrected chi connectivity index (χ0v) is 8.81. The number of nitrogens with zero attached hydrogens (tertiary/aromatic N) is 4. The second kappa shape index (κ2) is 2.78. The van der Waals surface area contributed by atoms with Crippen LogP contribution in [0.15, 0.2) is 11.1 Å². The molecule has 0 N–H and O–H groups in total. The predicted molar refractivity (Wildman–Crippen MR) is 51.3 cm³/mol. The predicted octanol–water partition coefficient (Wildman–Crippen LogP) is 0.917. The van der Waals surface area contributed by atoms with Crippen LogP contribution in [-0.4, -0.2) is 39.3 Å². The SMILES string of the molecule is Brc1ncn([C@@H]2CN3CC[C@H]2C3)n1. The van der Waals surface area contributed by atoms with Crippen LogP contribution in [-0.2, 0) is 0 Å². The summed E-state index contributed by atoms with van der Waals surface area (Å²) < 4.78 is 2.71. The zero-order valence-electron chi connectivity index (χ0n) is 7.23. The minimum Gasteiger partial charge on any atom is -0.301 e. The van der Waals surface area contributed by atoms with Crippen LogP contribution >= 0.6 is 15.9 Å². The molecule has 0 aromatic carbocycles. The zero-order chi connectivity index (χ0) is 8.84. The molecule has 0 amide bonds. The van der Waals surface area contributed by atoms with Crippen LogP contribution in [0.1, 0.15) is 12.5 Å². The van der Waals surface area contributed by atoms with E-state index in [1.54, 1.807) is 0 Å². The number of halogens is 1. The van der Waals surface area contributed by atoms with Gasteiger partial charge >= 0.3 is 0 Å². The Balaban J connectivity index is 1.87. The molecule has 0 radical (unpaired) electrons. The molecule has 1 unspecified atom stereocenters. The Morgan fingerprint density at radius 3 is 2.92 bits per heavy atom. The summed E-state index contributed by atoms with van der Waals surface area (Å²) in [6.45, 7) is 3.68. The van der Waals surface area contributed by atoms with E-state index in [-0.39, 0.29) is 0 Å². The van der Waals surface area contributed by atoms with Gasteiger partial charge in [0.25, 0.3) is 0 Å². The van der Waals surface area contributed by atoms with E-state index in [4.69, 9.17) is 0 Å². The fourth-order valence-electron chi connectivity index (χ4n) is 2.47. The molecular formula is C8H11BrN4. The first-order chi connectivity index (χ1) is 6.33. The van der Waals surface area contributed by atoms with Gasteiger partial charge in [0.05, 0.1) is 6.04 Å². The maximum absolute atomic E-state index is 4.31. The van der Waals surface area contributed by atoms with Crippen molar-refractivity contribution in [3.63, 3.8) is 0 Å². The van der Waals surface area contributed by atoms with Gasteiger partial charge in [0.1, 0.15) is 6.33 Å². The Morgan fingerprint density at radius 1 is 1.46 bits per heavy atom. The molecule has 3 rings (SSSR count). The van der Waals surface area contributed by atoms with E-state index in [0.717, 1.165) is 12.5 Å². The Kier molecular flexibility index (Phi) is 1.70. The average Bonchev–Trinajstić information content (AvgIpc) is 2.77. The molecule has 4 nitrogen and oxygen atoms in total. The summed E-state index contributed by atoms with van der Waals surface area (Å²) in [5.41, 5.74) is 0. The Labute approximate surface area is 85.1 Å². The smallest absolute Gasteiger partial charge is 0.217 e. The molecule has 70 valence electrons. The highest BCUT2D eigenvalue weighted by Crippen LogP contribution is 2.35. The lowest BCUT2D eigenvalue weighted by atomic mass is 10.0. The molecule has 2 bridgehead atoms. The third kappa shape index (κ3) is 1.21. The van der Waals surface area contributed by atoms with Gasteiger partial charge < -0.3 is 4.90 Å². The topological polar surface area (TPSA) is 34.0 Å². The molecular weight excluding hydrogens is 232 g/mol. The van der Waals surface area contributed by atoms with Crippen LogP contribution in [0.3, 0.4) is 0 Å². The van der Waals surface area contributed by atoms with E-state index >= 15 is 0 Å². The summed E-state index contributed by atoms with van der Waals surface area (Å²) >= 11 is 3.28. The molecule has 2 saturated heterocycles. The second-order valence-electron chi connectivity index (χ2n) is 3.87. The van der Waals surface area contributed by atoms with Gasteiger partial charge in [0.15, 0.2) is 0 Å². The van der Waals surface area contributed by atoms with Gasteiger partial charge in [0, 0.05) is 13.1 Å². The fraction of sp³-hybridized carbons (Fsp3) is 0.750. The number of hydrogen-bond donors (Lipinski definition) is 0. The van der Waals surface area contributed by atoms with Gasteiger partial charge in [-0.25, -0.2) is 9.67 Å². The molecule has 1 aromatic heterocycles. The van der Waals surface area contributed by atoms with Crippen molar-refractivity contribution >= 4 is 15.9 Å². The van der Waals surface area contributed by atoms with Crippen LogP contribution in [0.25, 0.3) is 0 Å². The van der Waals surface area contributed by atoms with E-state index in [0.29, 0.717) is 10.8 Å². The van der Waals surface area contributed by atoms with Crippen LogP contribution in [0.4, 0.5) is 0 Å². The van der Waals surface area contributed by atoms with Gasteiger partial charge in [-0.2, -0.15) is 0 Å². The number of aromatic nitrogens is 3. The largest absolute Gasteiger partial charge is 0.301 e. The monoisotopic (exact) mass is 242 g/mol. The van der Waals surface area contributed by atoms with E-state index in [1.807, 2.05) is 11.0 Å². The van der Waals surface area contributed by atoms with Crippen molar-refractivity contribution in [1.82, 2.24) is 19.7 Å². The normalized spacial score (nSPS) is 37.2. The lowest BCUT2D eigenvalue weighted by molar-refractivity contribution is 0.284. The highest BCUT2D eigenvalue weighted by Gasteiger charge is 2.39. The number of fused-ring (bicyclic) bond motifs is 2. The third-order valence-corrected chi connectivity index (χ3v) is 3.48. The van der Waals surface area contributed by atoms with Gasteiger partial charge in [-0.05, 0) is 34.8 Å². The maximum atomic E-state index is 4.31. The summed E-state index contributed by atoms with van der Waals surface area (Å²) in [5.74, 6) is 0.800. The highest BCUT2D eigenvalue weighted by atomic mass is 79.9. The highest BCUT2D eigenvalue weighted by molar-refractivity contribution is 9.10. The third-order valence-electron chi connectivity index (χ3n) is 3.12. The van der Waals surface area contributed by atoms with Crippen molar-refractivity contribution in [3.8, 4) is 0 Å². The molecule has 5 heteroatoms. The molecule has 3 atom stereocenters. The first-order valence-electron chi connectivity index (χ1n) is 4.62. The van der Waals surface area contributed by atoms with Crippen LogP contribution in [0, 0.1) is 5.92 Å². The van der Waals surface area contributed by atoms with Crippen molar-refractivity contribution in [1.29, 1.82) is 0 Å². The Bertz CT molecular complexity index is 324. The Morgan fingerprint density at radius 2 is 2.38 bits per heavy atom. The molecule has 0 aliphatic carbocycles. The number of rotatable bonds is 1. The summed E-state index contributed by atoms with van der Waals surface area (Å²) in [7, 11) is 0. The van der Waals surface area contributed by atoms with E-state index in [9.17, 15) is 0 Å². The molecule has 1 aromatic rings. The van der Waals surface area contributed by atoms with Crippen LogP contribution < -0.4 is 0 Å². The maximum Gasteiger partial charge on any atom is 0.217 e. The Hall–Kier alpha value is -0.420. The van der Waals surface area contributed by atoms with Gasteiger partial charge in [0.2, 0.25) is 4.73 Å². The van der Waals surface area contributed by atoms with Crippen LogP contribution in [0.2, 0.25) is 0 Å². The summed E-state index contributed by atoms with van der Waals surface area (Å²) in [6, 6.07) is 0.563. The summed E-state index contributed by atoms with van der Waals surface area (Å²) in [4.78, 5) is 6.60. The molecule has 0 saturated carbocycles.